The second kappa shape index (κ2) is 9.35. The van der Waals surface area contributed by atoms with Gasteiger partial charge in [-0.15, -0.1) is 0 Å². The van der Waals surface area contributed by atoms with Gasteiger partial charge in [-0.05, 0) is 41.5 Å². The summed E-state index contributed by atoms with van der Waals surface area (Å²) in [6, 6.07) is 11.9. The number of amides is 2. The highest BCUT2D eigenvalue weighted by Crippen LogP contribution is 2.25. The summed E-state index contributed by atoms with van der Waals surface area (Å²) in [5.74, 6) is -0.621. The molecule has 0 radical (unpaired) electrons. The summed E-state index contributed by atoms with van der Waals surface area (Å²) in [5.41, 5.74) is 3.27. The third-order valence-corrected chi connectivity index (χ3v) is 4.42. The van der Waals surface area contributed by atoms with Crippen LogP contribution >= 0.6 is 0 Å². The van der Waals surface area contributed by atoms with Crippen molar-refractivity contribution in [3.63, 3.8) is 0 Å². The first-order chi connectivity index (χ1) is 13.2. The van der Waals surface area contributed by atoms with Crippen molar-refractivity contribution in [1.82, 2.24) is 4.90 Å². The van der Waals surface area contributed by atoms with Gasteiger partial charge < -0.3 is 15.1 Å². The first kappa shape index (κ1) is 21.4. The molecule has 150 valence electrons. The Labute approximate surface area is 166 Å². The minimum absolute atomic E-state index is 0.0632. The van der Waals surface area contributed by atoms with Crippen LogP contribution in [0.3, 0.4) is 0 Å². The Hall–Kier alpha value is -2.89. The van der Waals surface area contributed by atoms with Crippen molar-refractivity contribution in [2.75, 3.05) is 24.3 Å². The second-order valence-electron chi connectivity index (χ2n) is 7.39. The van der Waals surface area contributed by atoms with Gasteiger partial charge in [-0.3, -0.25) is 9.59 Å². The maximum atomic E-state index is 13.5. The van der Waals surface area contributed by atoms with Gasteiger partial charge in [0.25, 0.3) is 0 Å². The third-order valence-electron chi connectivity index (χ3n) is 4.42. The molecule has 2 amide bonds. The smallest absolute Gasteiger partial charge is 0.226 e. The van der Waals surface area contributed by atoms with Crippen molar-refractivity contribution >= 4 is 23.2 Å². The van der Waals surface area contributed by atoms with E-state index in [-0.39, 0.29) is 23.5 Å². The number of hydrogen-bond acceptors (Lipinski definition) is 3. The lowest BCUT2D eigenvalue weighted by Gasteiger charge is -2.25. The fraction of sp³-hybridized carbons (Fsp3) is 0.364. The van der Waals surface area contributed by atoms with Crippen LogP contribution in [-0.4, -0.2) is 30.8 Å². The number of carbonyl (C=O) groups is 2. The summed E-state index contributed by atoms with van der Waals surface area (Å²) in [6.45, 7) is 5.83. The van der Waals surface area contributed by atoms with Crippen molar-refractivity contribution in [2.45, 2.75) is 33.9 Å². The molecule has 0 fully saturated rings. The molecule has 0 saturated carbocycles. The molecule has 0 spiro atoms. The van der Waals surface area contributed by atoms with Crippen LogP contribution in [0.4, 0.5) is 15.8 Å². The first-order valence-corrected chi connectivity index (χ1v) is 9.28. The molecule has 0 unspecified atom stereocenters. The average Bonchev–Trinajstić information content (AvgIpc) is 2.61. The van der Waals surface area contributed by atoms with E-state index < -0.39 is 0 Å². The molecule has 6 heteroatoms. The molecule has 0 aliphatic carbocycles. The lowest BCUT2D eigenvalue weighted by atomic mass is 10.1. The Kier molecular flexibility index (Phi) is 7.15. The lowest BCUT2D eigenvalue weighted by molar-refractivity contribution is -0.130. The van der Waals surface area contributed by atoms with E-state index in [0.29, 0.717) is 18.8 Å². The molecule has 0 aromatic heterocycles. The minimum atomic E-state index is -0.326. The molecule has 0 aliphatic rings. The molecule has 0 atom stereocenters. The summed E-state index contributed by atoms with van der Waals surface area (Å²) >= 11 is 0. The van der Waals surface area contributed by atoms with Gasteiger partial charge in [0.1, 0.15) is 5.82 Å². The number of rotatable bonds is 7. The third kappa shape index (κ3) is 5.81. The summed E-state index contributed by atoms with van der Waals surface area (Å²) < 4.78 is 13.5. The molecule has 28 heavy (non-hydrogen) atoms. The maximum absolute atomic E-state index is 13.5. The van der Waals surface area contributed by atoms with Crippen LogP contribution in [0.15, 0.2) is 42.5 Å². The molecule has 2 aromatic rings. The number of benzene rings is 2. The van der Waals surface area contributed by atoms with Crippen molar-refractivity contribution < 1.29 is 14.0 Å². The van der Waals surface area contributed by atoms with Crippen LogP contribution < -0.4 is 10.2 Å². The molecular weight excluding hydrogens is 357 g/mol. The number of hydrogen-bond donors (Lipinski definition) is 1. The lowest BCUT2D eigenvalue weighted by Crippen LogP contribution is -2.28. The predicted molar refractivity (Wildman–Crippen MR) is 111 cm³/mol. The molecule has 0 aliphatic heterocycles. The molecule has 0 bridgehead atoms. The molecule has 1 N–H and O–H groups in total. The Bertz CT molecular complexity index is 849. The van der Waals surface area contributed by atoms with Crippen LogP contribution in [0, 0.1) is 11.7 Å². The zero-order valence-corrected chi connectivity index (χ0v) is 17.1. The average molecular weight is 385 g/mol. The standard InChI is InChI=1S/C22H28FN3O2/c1-15(2)22(28)24-20-9-10-21(25(4)5)18(12-20)14-26(16(3)27)13-17-7-6-8-19(23)11-17/h6-12,15H,13-14H2,1-5H3,(H,24,28). The maximum Gasteiger partial charge on any atom is 0.226 e. The number of nitrogens with one attached hydrogen (secondary N) is 1. The Morgan fingerprint density at radius 3 is 2.36 bits per heavy atom. The second-order valence-corrected chi connectivity index (χ2v) is 7.39. The highest BCUT2D eigenvalue weighted by molar-refractivity contribution is 5.92. The van der Waals surface area contributed by atoms with Gasteiger partial charge in [-0.1, -0.05) is 26.0 Å². The van der Waals surface area contributed by atoms with Crippen LogP contribution in [-0.2, 0) is 22.7 Å². The van der Waals surface area contributed by atoms with Gasteiger partial charge in [0, 0.05) is 51.4 Å². The largest absolute Gasteiger partial charge is 0.377 e. The van der Waals surface area contributed by atoms with E-state index in [0.717, 1.165) is 16.8 Å². The summed E-state index contributed by atoms with van der Waals surface area (Å²) in [6.07, 6.45) is 0. The van der Waals surface area contributed by atoms with E-state index in [1.165, 1.54) is 19.1 Å². The van der Waals surface area contributed by atoms with Crippen molar-refractivity contribution in [3.8, 4) is 0 Å². The topological polar surface area (TPSA) is 52.7 Å². The van der Waals surface area contributed by atoms with E-state index in [1.807, 2.05) is 51.0 Å². The van der Waals surface area contributed by atoms with Crippen molar-refractivity contribution in [3.05, 3.63) is 59.4 Å². The number of halogens is 1. The highest BCUT2D eigenvalue weighted by Gasteiger charge is 2.16. The first-order valence-electron chi connectivity index (χ1n) is 9.28. The van der Waals surface area contributed by atoms with E-state index >= 15 is 0 Å². The van der Waals surface area contributed by atoms with Crippen molar-refractivity contribution in [1.29, 1.82) is 0 Å². The highest BCUT2D eigenvalue weighted by atomic mass is 19.1. The van der Waals surface area contributed by atoms with E-state index in [2.05, 4.69) is 5.32 Å². The van der Waals surface area contributed by atoms with E-state index in [4.69, 9.17) is 0 Å². The summed E-state index contributed by atoms with van der Waals surface area (Å²) in [5, 5.41) is 2.90. The van der Waals surface area contributed by atoms with Gasteiger partial charge in [0.2, 0.25) is 11.8 Å². The predicted octanol–water partition coefficient (Wildman–Crippen LogP) is 4.03. The Morgan fingerprint density at radius 2 is 1.79 bits per heavy atom. The monoisotopic (exact) mass is 385 g/mol. The van der Waals surface area contributed by atoms with Crippen LogP contribution in [0.2, 0.25) is 0 Å². The Balaban J connectivity index is 2.30. The molecular formula is C22H28FN3O2. The molecule has 2 rings (SSSR count). The SMILES string of the molecule is CC(=O)N(Cc1cccc(F)c1)Cc1cc(NC(=O)C(C)C)ccc1N(C)C. The summed E-state index contributed by atoms with van der Waals surface area (Å²) in [4.78, 5) is 27.9. The molecule has 0 saturated heterocycles. The van der Waals surface area contributed by atoms with Gasteiger partial charge in [-0.25, -0.2) is 4.39 Å². The van der Waals surface area contributed by atoms with Crippen molar-refractivity contribution in [2.24, 2.45) is 5.92 Å². The fourth-order valence-corrected chi connectivity index (χ4v) is 2.85. The zero-order chi connectivity index (χ0) is 20.8. The number of nitrogens with zero attached hydrogens (tertiary/aromatic N) is 2. The minimum Gasteiger partial charge on any atom is -0.377 e. The van der Waals surface area contributed by atoms with E-state index in [1.54, 1.807) is 17.0 Å². The van der Waals surface area contributed by atoms with Gasteiger partial charge in [-0.2, -0.15) is 0 Å². The quantitative estimate of drug-likeness (QED) is 0.783. The zero-order valence-electron chi connectivity index (χ0n) is 17.1. The molecule has 0 heterocycles. The molecule has 5 nitrogen and oxygen atoms in total. The number of anilines is 2. The number of carbonyl (C=O) groups excluding carboxylic acids is 2. The molecule has 2 aromatic carbocycles. The van der Waals surface area contributed by atoms with Gasteiger partial charge in [0.05, 0.1) is 0 Å². The normalized spacial score (nSPS) is 10.7. The summed E-state index contributed by atoms with van der Waals surface area (Å²) in [7, 11) is 3.85. The van der Waals surface area contributed by atoms with E-state index in [9.17, 15) is 14.0 Å². The van der Waals surface area contributed by atoms with Crippen LogP contribution in [0.25, 0.3) is 0 Å². The van der Waals surface area contributed by atoms with Gasteiger partial charge in [0.15, 0.2) is 0 Å². The van der Waals surface area contributed by atoms with Gasteiger partial charge >= 0.3 is 0 Å². The van der Waals surface area contributed by atoms with Crippen LogP contribution in [0.1, 0.15) is 31.9 Å². The fourth-order valence-electron chi connectivity index (χ4n) is 2.85. The van der Waals surface area contributed by atoms with Crippen LogP contribution in [0.5, 0.6) is 0 Å². The Morgan fingerprint density at radius 1 is 1.07 bits per heavy atom.